The molecular weight excluding hydrogens is 324 g/mol. The van der Waals surface area contributed by atoms with Gasteiger partial charge in [0, 0.05) is 25.7 Å². The number of carbonyl (C=O) groups is 1. The molecule has 2 aromatic rings. The van der Waals surface area contributed by atoms with Gasteiger partial charge < -0.3 is 5.32 Å². The van der Waals surface area contributed by atoms with Crippen molar-refractivity contribution in [3.63, 3.8) is 0 Å². The molecule has 1 aromatic carbocycles. The van der Waals surface area contributed by atoms with Gasteiger partial charge in [0.05, 0.1) is 11.7 Å². The summed E-state index contributed by atoms with van der Waals surface area (Å²) in [6.45, 7) is 13.4. The van der Waals surface area contributed by atoms with Gasteiger partial charge in [0.25, 0.3) is 5.91 Å². The molecule has 1 N–H and O–H groups in total. The molecule has 0 saturated carbocycles. The summed E-state index contributed by atoms with van der Waals surface area (Å²) in [4.78, 5) is 15.1. The van der Waals surface area contributed by atoms with Crippen LogP contribution < -0.4 is 5.32 Å². The zero-order valence-corrected chi connectivity index (χ0v) is 16.5. The first kappa shape index (κ1) is 18.6. The molecule has 1 unspecified atom stereocenters. The predicted molar refractivity (Wildman–Crippen MR) is 104 cm³/mol. The van der Waals surface area contributed by atoms with Gasteiger partial charge in [-0.05, 0) is 63.8 Å². The van der Waals surface area contributed by atoms with E-state index in [0.29, 0.717) is 11.7 Å². The van der Waals surface area contributed by atoms with E-state index >= 15 is 0 Å². The van der Waals surface area contributed by atoms with E-state index in [1.54, 1.807) is 0 Å². The lowest BCUT2D eigenvalue weighted by molar-refractivity contribution is 0.0934. The smallest absolute Gasteiger partial charge is 0.272 e. The first-order valence-electron chi connectivity index (χ1n) is 9.54. The topological polar surface area (TPSA) is 50.2 Å². The Kier molecular flexibility index (Phi) is 5.47. The number of fused-ring (bicyclic) bond motifs is 1. The maximum Gasteiger partial charge on any atom is 0.272 e. The average molecular weight is 354 g/mol. The average Bonchev–Trinajstić information content (AvgIpc) is 2.88. The maximum atomic E-state index is 12.7. The zero-order chi connectivity index (χ0) is 18.8. The zero-order valence-electron chi connectivity index (χ0n) is 16.5. The molecule has 0 radical (unpaired) electrons. The van der Waals surface area contributed by atoms with Crippen LogP contribution in [-0.2, 0) is 13.1 Å². The molecule has 3 rings (SSSR count). The van der Waals surface area contributed by atoms with Crippen LogP contribution in [0.2, 0.25) is 0 Å². The van der Waals surface area contributed by atoms with Crippen LogP contribution in [0.4, 0.5) is 0 Å². The van der Waals surface area contributed by atoms with Gasteiger partial charge >= 0.3 is 0 Å². The number of nitrogens with one attached hydrogen (secondary N) is 1. The van der Waals surface area contributed by atoms with Gasteiger partial charge in [-0.3, -0.25) is 14.4 Å². The van der Waals surface area contributed by atoms with Crippen LogP contribution in [-0.4, -0.2) is 33.2 Å². The van der Waals surface area contributed by atoms with Crippen molar-refractivity contribution in [1.29, 1.82) is 0 Å². The quantitative estimate of drug-likeness (QED) is 0.912. The van der Waals surface area contributed by atoms with Gasteiger partial charge in [-0.2, -0.15) is 5.10 Å². The summed E-state index contributed by atoms with van der Waals surface area (Å²) in [5.74, 6) is -0.104. The third kappa shape index (κ3) is 3.98. The van der Waals surface area contributed by atoms with Crippen molar-refractivity contribution in [2.45, 2.75) is 66.2 Å². The third-order valence-corrected chi connectivity index (χ3v) is 5.39. The van der Waals surface area contributed by atoms with Gasteiger partial charge in [-0.15, -0.1) is 0 Å². The van der Waals surface area contributed by atoms with Crippen LogP contribution in [0, 0.1) is 13.8 Å². The van der Waals surface area contributed by atoms with Crippen molar-refractivity contribution in [1.82, 2.24) is 20.0 Å². The lowest BCUT2D eigenvalue weighted by atomic mass is 10.0. The van der Waals surface area contributed by atoms with Crippen molar-refractivity contribution < 1.29 is 4.79 Å². The van der Waals surface area contributed by atoms with Crippen molar-refractivity contribution >= 4 is 5.91 Å². The molecule has 5 heteroatoms. The van der Waals surface area contributed by atoms with E-state index in [9.17, 15) is 4.79 Å². The van der Waals surface area contributed by atoms with Gasteiger partial charge in [0.15, 0.2) is 5.69 Å². The van der Waals surface area contributed by atoms with E-state index in [4.69, 9.17) is 0 Å². The monoisotopic (exact) mass is 354 g/mol. The lowest BCUT2D eigenvalue weighted by Gasteiger charge is -2.23. The number of carbonyl (C=O) groups excluding carboxylic acids is 1. The predicted octanol–water partition coefficient (Wildman–Crippen LogP) is 3.61. The van der Waals surface area contributed by atoms with Crippen molar-refractivity contribution in [3.05, 3.63) is 52.3 Å². The molecule has 1 atom stereocenters. The van der Waals surface area contributed by atoms with Crippen LogP contribution in [0.5, 0.6) is 0 Å². The van der Waals surface area contributed by atoms with Crippen molar-refractivity contribution in [2.24, 2.45) is 0 Å². The fourth-order valence-corrected chi connectivity index (χ4v) is 3.43. The fourth-order valence-electron chi connectivity index (χ4n) is 3.43. The van der Waals surface area contributed by atoms with Gasteiger partial charge in [-0.25, -0.2) is 0 Å². The van der Waals surface area contributed by atoms with E-state index in [1.807, 2.05) is 17.7 Å². The highest BCUT2D eigenvalue weighted by atomic mass is 16.2. The Hall–Kier alpha value is -2.14. The third-order valence-electron chi connectivity index (χ3n) is 5.39. The summed E-state index contributed by atoms with van der Waals surface area (Å²) >= 11 is 0. The Morgan fingerprint density at radius 2 is 1.88 bits per heavy atom. The second-order valence-electron chi connectivity index (χ2n) is 7.70. The van der Waals surface area contributed by atoms with Crippen molar-refractivity contribution in [3.8, 4) is 0 Å². The minimum absolute atomic E-state index is 0.0459. The molecule has 0 saturated heterocycles. The molecule has 1 amide bonds. The van der Waals surface area contributed by atoms with Gasteiger partial charge in [0.2, 0.25) is 0 Å². The maximum absolute atomic E-state index is 12.7. The molecule has 26 heavy (non-hydrogen) atoms. The Balaban J connectivity index is 1.72. The normalized spacial score (nSPS) is 16.2. The number of hydrogen-bond donors (Lipinski definition) is 1. The standard InChI is InChI=1S/C21H30N4O/c1-14(2)24-9-6-10-25-19(13-24)12-20(23-25)21(26)22-17(5)18-8-7-15(3)16(4)11-18/h7-8,11-12,14,17H,6,9-10,13H2,1-5H3,(H,22,26). The summed E-state index contributed by atoms with van der Waals surface area (Å²) in [6.07, 6.45) is 1.06. The highest BCUT2D eigenvalue weighted by molar-refractivity contribution is 5.92. The van der Waals surface area contributed by atoms with E-state index in [2.05, 4.69) is 61.2 Å². The molecule has 1 aliphatic heterocycles. The van der Waals surface area contributed by atoms with Crippen LogP contribution in [0.1, 0.15) is 66.1 Å². The first-order valence-corrected chi connectivity index (χ1v) is 9.54. The number of rotatable bonds is 4. The Morgan fingerprint density at radius 3 is 2.58 bits per heavy atom. The van der Waals surface area contributed by atoms with E-state index < -0.39 is 0 Å². The molecule has 2 heterocycles. The molecular formula is C21H30N4O. The molecule has 1 aliphatic rings. The lowest BCUT2D eigenvalue weighted by Crippen LogP contribution is -2.30. The van der Waals surface area contributed by atoms with E-state index in [0.717, 1.165) is 37.3 Å². The first-order chi connectivity index (χ1) is 12.3. The van der Waals surface area contributed by atoms with Crippen LogP contribution in [0.3, 0.4) is 0 Å². The SMILES string of the molecule is Cc1ccc(C(C)NC(=O)c2cc3n(n2)CCCN(C(C)C)C3)cc1C. The Labute approximate surface area is 156 Å². The van der Waals surface area contributed by atoms with Crippen LogP contribution in [0.15, 0.2) is 24.3 Å². The number of nitrogens with zero attached hydrogens (tertiary/aromatic N) is 3. The number of aryl methyl sites for hydroxylation is 3. The van der Waals surface area contributed by atoms with E-state index in [-0.39, 0.29) is 11.9 Å². The van der Waals surface area contributed by atoms with Crippen molar-refractivity contribution in [2.75, 3.05) is 6.54 Å². The summed E-state index contributed by atoms with van der Waals surface area (Å²) in [5.41, 5.74) is 5.26. The second-order valence-corrected chi connectivity index (χ2v) is 7.70. The molecule has 0 aliphatic carbocycles. The highest BCUT2D eigenvalue weighted by Gasteiger charge is 2.21. The van der Waals surface area contributed by atoms with Crippen LogP contribution >= 0.6 is 0 Å². The minimum Gasteiger partial charge on any atom is -0.344 e. The minimum atomic E-state index is -0.104. The molecule has 140 valence electrons. The second kappa shape index (κ2) is 7.62. The molecule has 0 spiro atoms. The fraction of sp³-hybridized carbons (Fsp3) is 0.524. The molecule has 5 nitrogen and oxygen atoms in total. The summed E-state index contributed by atoms with van der Waals surface area (Å²) in [7, 11) is 0. The number of benzene rings is 1. The number of hydrogen-bond acceptors (Lipinski definition) is 3. The number of amides is 1. The molecule has 1 aromatic heterocycles. The Bertz CT molecular complexity index is 793. The molecule has 0 bridgehead atoms. The highest BCUT2D eigenvalue weighted by Crippen LogP contribution is 2.19. The van der Waals surface area contributed by atoms with Gasteiger partial charge in [0.1, 0.15) is 0 Å². The largest absolute Gasteiger partial charge is 0.344 e. The molecule has 0 fully saturated rings. The van der Waals surface area contributed by atoms with Crippen LogP contribution in [0.25, 0.3) is 0 Å². The van der Waals surface area contributed by atoms with Gasteiger partial charge in [-0.1, -0.05) is 18.2 Å². The Morgan fingerprint density at radius 1 is 1.12 bits per heavy atom. The number of aromatic nitrogens is 2. The summed E-state index contributed by atoms with van der Waals surface area (Å²) in [5, 5.41) is 7.65. The van der Waals surface area contributed by atoms with E-state index in [1.165, 1.54) is 11.1 Å². The summed E-state index contributed by atoms with van der Waals surface area (Å²) in [6, 6.07) is 8.73. The summed E-state index contributed by atoms with van der Waals surface area (Å²) < 4.78 is 2.00.